The van der Waals surface area contributed by atoms with Gasteiger partial charge in [0.15, 0.2) is 11.2 Å². The van der Waals surface area contributed by atoms with Crippen LogP contribution in [0.1, 0.15) is 50.7 Å². The van der Waals surface area contributed by atoms with E-state index in [2.05, 4.69) is 16.7 Å². The zero-order chi connectivity index (χ0) is 38.2. The minimum atomic E-state index is -1.23. The summed E-state index contributed by atoms with van der Waals surface area (Å²) in [5.74, 6) is 1.95. The molecule has 14 heteroatoms. The largest absolute Gasteiger partial charge is 0.481 e. The summed E-state index contributed by atoms with van der Waals surface area (Å²) in [7, 11) is 5.47. The number of aliphatic hydroxyl groups excluding tert-OH is 2. The second kappa shape index (κ2) is 15.8. The van der Waals surface area contributed by atoms with Crippen molar-refractivity contribution in [2.45, 2.75) is 69.6 Å². The van der Waals surface area contributed by atoms with Crippen LogP contribution >= 0.6 is 21.6 Å². The van der Waals surface area contributed by atoms with E-state index >= 15 is 0 Å². The molecule has 7 rings (SSSR count). The molecule has 5 heterocycles. The molecular formula is C40H50N4O8S2. The van der Waals surface area contributed by atoms with Gasteiger partial charge in [0.1, 0.15) is 11.3 Å². The monoisotopic (exact) mass is 778 g/mol. The van der Waals surface area contributed by atoms with E-state index in [-0.39, 0.29) is 38.0 Å². The molecule has 54 heavy (non-hydrogen) atoms. The predicted molar refractivity (Wildman–Crippen MR) is 211 cm³/mol. The van der Waals surface area contributed by atoms with E-state index in [1.807, 2.05) is 37.1 Å². The number of nitrogens with two attached hydrogens (primary N) is 1. The Morgan fingerprint density at radius 2 is 2.06 bits per heavy atom. The first kappa shape index (κ1) is 38.6. The lowest BCUT2D eigenvalue weighted by Crippen LogP contribution is -2.65. The van der Waals surface area contributed by atoms with Gasteiger partial charge in [-0.05, 0) is 68.7 Å². The van der Waals surface area contributed by atoms with Crippen LogP contribution in [0, 0.1) is 11.8 Å². The Kier molecular flexibility index (Phi) is 11.3. The van der Waals surface area contributed by atoms with E-state index in [0.717, 1.165) is 40.0 Å². The van der Waals surface area contributed by atoms with Crippen LogP contribution in [-0.4, -0.2) is 95.6 Å². The second-order valence-electron chi connectivity index (χ2n) is 15.0. The van der Waals surface area contributed by atoms with E-state index in [1.54, 1.807) is 40.7 Å². The molecule has 5 aliphatic rings. The van der Waals surface area contributed by atoms with Gasteiger partial charge in [-0.15, -0.1) is 0 Å². The molecule has 1 aromatic carbocycles. The van der Waals surface area contributed by atoms with Crippen molar-refractivity contribution in [2.24, 2.45) is 17.6 Å². The lowest BCUT2D eigenvalue weighted by atomic mass is 9.61. The van der Waals surface area contributed by atoms with Crippen LogP contribution in [0.3, 0.4) is 0 Å². The first-order valence-electron chi connectivity index (χ1n) is 18.7. The van der Waals surface area contributed by atoms with Crippen LogP contribution in [0.5, 0.6) is 5.75 Å². The highest BCUT2D eigenvalue weighted by Crippen LogP contribution is 2.57. The first-order valence-corrected chi connectivity index (χ1v) is 21.2. The second-order valence-corrected chi connectivity index (χ2v) is 17.6. The number of fused-ring (bicyclic) bond motifs is 6. The zero-order valence-corrected chi connectivity index (χ0v) is 32.7. The summed E-state index contributed by atoms with van der Waals surface area (Å²) in [4.78, 5) is 43.0. The summed E-state index contributed by atoms with van der Waals surface area (Å²) in [5, 5.41) is 26.5. The number of amides is 1. The molecule has 5 atom stereocenters. The summed E-state index contributed by atoms with van der Waals surface area (Å²) in [6.07, 6.45) is 7.65. The highest BCUT2D eigenvalue weighted by atomic mass is 33.1. The van der Waals surface area contributed by atoms with Gasteiger partial charge in [0.2, 0.25) is 5.91 Å². The average molecular weight is 779 g/mol. The summed E-state index contributed by atoms with van der Waals surface area (Å²) < 4.78 is 19.6. The predicted octanol–water partition coefficient (Wildman–Crippen LogP) is 3.50. The van der Waals surface area contributed by atoms with E-state index in [4.69, 9.17) is 19.6 Å². The number of allylic oxidation sites excluding steroid dienone is 2. The van der Waals surface area contributed by atoms with E-state index in [9.17, 15) is 24.6 Å². The van der Waals surface area contributed by atoms with Crippen molar-refractivity contribution in [2.75, 3.05) is 51.4 Å². The summed E-state index contributed by atoms with van der Waals surface area (Å²) in [6, 6.07) is 5.69. The Labute approximate surface area is 323 Å². The molecule has 1 saturated heterocycles. The van der Waals surface area contributed by atoms with Crippen molar-refractivity contribution in [1.82, 2.24) is 15.5 Å². The Morgan fingerprint density at radius 3 is 2.81 bits per heavy atom. The molecule has 1 aliphatic carbocycles. The maximum absolute atomic E-state index is 14.1. The molecule has 1 amide bonds. The summed E-state index contributed by atoms with van der Waals surface area (Å²) in [5.41, 5.74) is 8.62. The van der Waals surface area contributed by atoms with Gasteiger partial charge in [-0.25, -0.2) is 9.59 Å². The Bertz CT molecular complexity index is 2010. The third-order valence-electron chi connectivity index (χ3n) is 11.7. The van der Waals surface area contributed by atoms with Crippen LogP contribution in [-0.2, 0) is 27.2 Å². The number of rotatable bonds is 9. The third-order valence-corrected chi connectivity index (χ3v) is 14.1. The Hall–Kier alpha value is -3.69. The van der Waals surface area contributed by atoms with Gasteiger partial charge >= 0.3 is 11.6 Å². The van der Waals surface area contributed by atoms with Gasteiger partial charge in [0, 0.05) is 98.2 Å². The van der Waals surface area contributed by atoms with Gasteiger partial charge in [-0.1, -0.05) is 39.3 Å². The third kappa shape index (κ3) is 7.00. The number of carbonyl (C=O) groups is 2. The fourth-order valence-electron chi connectivity index (χ4n) is 8.78. The lowest BCUT2D eigenvalue weighted by molar-refractivity contribution is -0.186. The zero-order valence-electron chi connectivity index (χ0n) is 31.1. The summed E-state index contributed by atoms with van der Waals surface area (Å²) in [6.45, 7) is 5.37. The van der Waals surface area contributed by atoms with Crippen LogP contribution < -0.4 is 26.7 Å². The molecule has 1 aromatic heterocycles. The number of ether oxygens (including phenoxy) is 2. The van der Waals surface area contributed by atoms with E-state index in [0.29, 0.717) is 78.7 Å². The molecular weight excluding hydrogens is 729 g/mol. The van der Waals surface area contributed by atoms with Crippen LogP contribution in [0.2, 0.25) is 0 Å². The van der Waals surface area contributed by atoms with E-state index in [1.165, 1.54) is 0 Å². The molecule has 2 aromatic rings. The molecule has 12 nitrogen and oxygen atoms in total. The SMILES string of the molecule is C/C=C(\CCO)C(=O)O[C@]1(C)CC=C2CSSC[C@H]3[C@H](CNC)CN3C(=O)CC3=C(C=C(N)NC3)[C@@H]2[C@]12Cc1cc3cc(CCCO)c(=O)oc3cc1O2. The van der Waals surface area contributed by atoms with E-state index < -0.39 is 28.7 Å². The van der Waals surface area contributed by atoms with Gasteiger partial charge < -0.3 is 45.4 Å². The van der Waals surface area contributed by atoms with Crippen molar-refractivity contribution in [3.8, 4) is 5.75 Å². The topological polar surface area (TPSA) is 177 Å². The molecule has 1 spiro atoms. The lowest BCUT2D eigenvalue weighted by Gasteiger charge is -2.53. The van der Waals surface area contributed by atoms with Crippen molar-refractivity contribution in [1.29, 1.82) is 0 Å². The quantitative estimate of drug-likeness (QED) is 0.0823. The molecule has 0 bridgehead atoms. The van der Waals surface area contributed by atoms with Gasteiger partial charge in [0.25, 0.3) is 0 Å². The highest BCUT2D eigenvalue weighted by molar-refractivity contribution is 8.76. The highest BCUT2D eigenvalue weighted by Gasteiger charge is 2.64. The number of nitrogens with zero attached hydrogens (tertiary/aromatic N) is 1. The van der Waals surface area contributed by atoms with Crippen LogP contribution in [0.25, 0.3) is 11.0 Å². The molecule has 0 radical (unpaired) electrons. The molecule has 0 saturated carbocycles. The standard InChI is InChI=1S/C40H50N4O8S2/c1-4-23(8-11-46)38(49)52-39(2)9-7-25-21-53-54-22-31-29(18-42-3)20-44(31)35(47)14-28-19-43-34(41)15-30(28)36(25)40(39)17-27-13-26-12-24(6-5-10-45)37(48)50-32(26)16-33(27)51-40/h4,7,12-13,15-16,29,31,36,42-43,45-46H,5-6,8-11,14,17-22,41H2,1-3H3/b23-4+/t29-,31+,36-,39-,40-/m1/s1. The number of aliphatic hydroxyl groups is 2. The van der Waals surface area contributed by atoms with Crippen LogP contribution in [0.15, 0.2) is 73.8 Å². The number of hydrogen-bond acceptors (Lipinski definition) is 13. The van der Waals surface area contributed by atoms with Crippen LogP contribution in [0.4, 0.5) is 0 Å². The van der Waals surface area contributed by atoms with Crippen molar-refractivity contribution >= 4 is 44.4 Å². The fraction of sp³-hybridized carbons (Fsp3) is 0.525. The normalized spacial score (nSPS) is 28.3. The number of aryl methyl sites for hydroxylation is 1. The van der Waals surface area contributed by atoms with Crippen molar-refractivity contribution in [3.05, 3.63) is 86.1 Å². The van der Waals surface area contributed by atoms with Gasteiger partial charge in [0.05, 0.1) is 18.2 Å². The minimum absolute atomic E-state index is 0.0377. The number of esters is 1. The number of carbonyl (C=O) groups excluding carboxylic acids is 2. The number of benzene rings is 1. The maximum Gasteiger partial charge on any atom is 0.339 e. The average Bonchev–Trinajstić information content (AvgIpc) is 3.51. The maximum atomic E-state index is 14.1. The summed E-state index contributed by atoms with van der Waals surface area (Å²) >= 11 is 0. The number of nitrogens with one attached hydrogen (secondary N) is 2. The Balaban J connectivity index is 1.38. The molecule has 1 fully saturated rings. The number of dihydropyridines is 1. The van der Waals surface area contributed by atoms with Crippen molar-refractivity contribution in [3.63, 3.8) is 0 Å². The molecule has 290 valence electrons. The molecule has 6 N–H and O–H groups in total. The Morgan fingerprint density at radius 1 is 1.22 bits per heavy atom. The van der Waals surface area contributed by atoms with Gasteiger partial charge in [-0.3, -0.25) is 4.79 Å². The first-order chi connectivity index (χ1) is 26.0. The molecule has 4 aliphatic heterocycles. The van der Waals surface area contributed by atoms with Gasteiger partial charge in [-0.2, -0.15) is 0 Å². The van der Waals surface area contributed by atoms with Crippen molar-refractivity contribution < 1.29 is 33.7 Å². The minimum Gasteiger partial charge on any atom is -0.481 e. The molecule has 0 unspecified atom stereocenters. The smallest absolute Gasteiger partial charge is 0.339 e. The fourth-order valence-corrected chi connectivity index (χ4v) is 11.3. The number of hydrogen-bond donors (Lipinski definition) is 5.